The fourth-order valence-corrected chi connectivity index (χ4v) is 4.94. The molecule has 4 aromatic rings. The van der Waals surface area contributed by atoms with Gasteiger partial charge in [-0.25, -0.2) is 0 Å². The minimum atomic E-state index is -0.393. The first-order chi connectivity index (χ1) is 19.9. The summed E-state index contributed by atoms with van der Waals surface area (Å²) in [5, 5.41) is 2.98. The summed E-state index contributed by atoms with van der Waals surface area (Å²) in [6.45, 7) is 3.49. The maximum absolute atomic E-state index is 13.1. The van der Waals surface area contributed by atoms with E-state index in [1.54, 1.807) is 37.4 Å². The molecule has 4 aromatic carbocycles. The number of hydrogen-bond donors (Lipinski definition) is 1. The molecule has 0 saturated carbocycles. The van der Waals surface area contributed by atoms with E-state index in [0.29, 0.717) is 22.7 Å². The van der Waals surface area contributed by atoms with Crippen LogP contribution < -0.4 is 19.5 Å². The number of nitrogens with one attached hydrogen (secondary N) is 1. The van der Waals surface area contributed by atoms with Crippen molar-refractivity contribution in [1.82, 2.24) is 4.90 Å². The number of methoxy groups -OCH3 is 1. The standard InChI is InChI=1S/C34H34N2O5/c1-23(37)40-31-6-4-5-27(21-31)32-22-28(13-16-33(32)39-3)35-34(38)26-9-7-24(8-10-26)25-11-14-29(15-12-25)41-30-17-19-36(2)20-18-30/h4-16,21-22,30H,17-20H2,1-3H3,(H,35,38). The first kappa shape index (κ1) is 27.9. The van der Waals surface area contributed by atoms with E-state index in [2.05, 4.69) is 29.4 Å². The summed E-state index contributed by atoms with van der Waals surface area (Å²) < 4.78 is 16.9. The molecule has 0 aliphatic carbocycles. The van der Waals surface area contributed by atoms with Crippen molar-refractivity contribution in [2.75, 3.05) is 32.6 Å². The van der Waals surface area contributed by atoms with Gasteiger partial charge in [0.2, 0.25) is 0 Å². The zero-order valence-electron chi connectivity index (χ0n) is 23.6. The van der Waals surface area contributed by atoms with E-state index in [-0.39, 0.29) is 12.0 Å². The Morgan fingerprint density at radius 1 is 0.805 bits per heavy atom. The molecule has 0 radical (unpaired) electrons. The summed E-state index contributed by atoms with van der Waals surface area (Å²) >= 11 is 0. The summed E-state index contributed by atoms with van der Waals surface area (Å²) in [7, 11) is 3.73. The molecule has 1 fully saturated rings. The number of amides is 1. The smallest absolute Gasteiger partial charge is 0.308 e. The van der Waals surface area contributed by atoms with Crippen molar-refractivity contribution < 1.29 is 23.8 Å². The third-order valence-electron chi connectivity index (χ3n) is 7.17. The molecule has 1 aliphatic rings. The van der Waals surface area contributed by atoms with Crippen LogP contribution in [-0.4, -0.2) is 50.1 Å². The van der Waals surface area contributed by atoms with Gasteiger partial charge in [0, 0.05) is 36.8 Å². The Morgan fingerprint density at radius 3 is 2.15 bits per heavy atom. The Hall–Kier alpha value is -4.62. The lowest BCUT2D eigenvalue weighted by Crippen LogP contribution is -2.35. The van der Waals surface area contributed by atoms with Crippen molar-refractivity contribution >= 4 is 17.6 Å². The summed E-state index contributed by atoms with van der Waals surface area (Å²) in [6, 6.07) is 28.3. The van der Waals surface area contributed by atoms with E-state index in [9.17, 15) is 9.59 Å². The third-order valence-corrected chi connectivity index (χ3v) is 7.17. The molecule has 7 heteroatoms. The van der Waals surface area contributed by atoms with Gasteiger partial charge in [-0.1, -0.05) is 36.4 Å². The first-order valence-corrected chi connectivity index (χ1v) is 13.7. The topological polar surface area (TPSA) is 77.1 Å². The van der Waals surface area contributed by atoms with Gasteiger partial charge in [-0.15, -0.1) is 0 Å². The van der Waals surface area contributed by atoms with Gasteiger partial charge in [-0.05, 0) is 91.2 Å². The van der Waals surface area contributed by atoms with Crippen molar-refractivity contribution in [3.8, 4) is 39.5 Å². The van der Waals surface area contributed by atoms with Gasteiger partial charge in [0.1, 0.15) is 23.4 Å². The second kappa shape index (κ2) is 12.7. The lowest BCUT2D eigenvalue weighted by molar-refractivity contribution is -0.131. The normalized spacial score (nSPS) is 13.8. The number of likely N-dealkylation sites (tertiary alicyclic amines) is 1. The highest BCUT2D eigenvalue weighted by molar-refractivity contribution is 6.05. The maximum Gasteiger partial charge on any atom is 0.308 e. The quantitative estimate of drug-likeness (QED) is 0.195. The number of anilines is 1. The van der Waals surface area contributed by atoms with Crippen LogP contribution in [0.25, 0.3) is 22.3 Å². The number of carbonyl (C=O) groups excluding carboxylic acids is 2. The Labute approximate surface area is 240 Å². The molecular formula is C34H34N2O5. The van der Waals surface area contributed by atoms with Crippen molar-refractivity contribution in [2.45, 2.75) is 25.9 Å². The lowest BCUT2D eigenvalue weighted by atomic mass is 10.0. The van der Waals surface area contributed by atoms with Gasteiger partial charge < -0.3 is 24.4 Å². The zero-order chi connectivity index (χ0) is 28.8. The highest BCUT2D eigenvalue weighted by atomic mass is 16.5. The van der Waals surface area contributed by atoms with E-state index < -0.39 is 5.97 Å². The molecule has 1 saturated heterocycles. The molecule has 0 aromatic heterocycles. The Kier molecular flexibility index (Phi) is 8.65. The number of rotatable bonds is 8. The van der Waals surface area contributed by atoms with E-state index in [0.717, 1.165) is 53.9 Å². The minimum Gasteiger partial charge on any atom is -0.496 e. The van der Waals surface area contributed by atoms with Crippen molar-refractivity contribution in [2.24, 2.45) is 0 Å². The summed E-state index contributed by atoms with van der Waals surface area (Å²) in [5.41, 5.74) is 4.80. The van der Waals surface area contributed by atoms with Crippen LogP contribution in [0.4, 0.5) is 5.69 Å². The fourth-order valence-electron chi connectivity index (χ4n) is 4.94. The van der Waals surface area contributed by atoms with Crippen LogP contribution in [0.5, 0.6) is 17.2 Å². The molecule has 5 rings (SSSR count). The predicted molar refractivity (Wildman–Crippen MR) is 161 cm³/mol. The minimum absolute atomic E-state index is 0.219. The van der Waals surface area contributed by atoms with Crippen LogP contribution in [0.1, 0.15) is 30.1 Å². The van der Waals surface area contributed by atoms with Gasteiger partial charge in [-0.2, -0.15) is 0 Å². The van der Waals surface area contributed by atoms with Gasteiger partial charge >= 0.3 is 5.97 Å². The molecule has 1 amide bonds. The highest BCUT2D eigenvalue weighted by Gasteiger charge is 2.18. The van der Waals surface area contributed by atoms with Crippen LogP contribution in [0.2, 0.25) is 0 Å². The zero-order valence-corrected chi connectivity index (χ0v) is 23.6. The number of piperidine rings is 1. The second-order valence-corrected chi connectivity index (χ2v) is 10.2. The molecule has 210 valence electrons. The Bertz CT molecular complexity index is 1510. The monoisotopic (exact) mass is 550 g/mol. The van der Waals surface area contributed by atoms with E-state index >= 15 is 0 Å². The van der Waals surface area contributed by atoms with Crippen molar-refractivity contribution in [1.29, 1.82) is 0 Å². The number of ether oxygens (including phenoxy) is 3. The molecule has 0 atom stereocenters. The van der Waals surface area contributed by atoms with Gasteiger partial charge in [0.15, 0.2) is 0 Å². The van der Waals surface area contributed by atoms with Crippen LogP contribution in [0.3, 0.4) is 0 Å². The predicted octanol–water partition coefficient (Wildman–Crippen LogP) is 6.68. The largest absolute Gasteiger partial charge is 0.496 e. The fraction of sp³-hybridized carbons (Fsp3) is 0.235. The molecule has 41 heavy (non-hydrogen) atoms. The Balaban J connectivity index is 1.25. The van der Waals surface area contributed by atoms with Gasteiger partial charge in [-0.3, -0.25) is 9.59 Å². The number of benzene rings is 4. The number of esters is 1. The van der Waals surface area contributed by atoms with Crippen LogP contribution >= 0.6 is 0 Å². The highest BCUT2D eigenvalue weighted by Crippen LogP contribution is 2.34. The number of carbonyl (C=O) groups is 2. The molecule has 1 heterocycles. The number of nitrogens with zero attached hydrogens (tertiary/aromatic N) is 1. The van der Waals surface area contributed by atoms with E-state index in [4.69, 9.17) is 14.2 Å². The van der Waals surface area contributed by atoms with Crippen molar-refractivity contribution in [3.05, 3.63) is 96.6 Å². The van der Waals surface area contributed by atoms with Gasteiger partial charge in [0.25, 0.3) is 5.91 Å². The molecule has 1 N–H and O–H groups in total. The lowest BCUT2D eigenvalue weighted by Gasteiger charge is -2.29. The molecule has 0 spiro atoms. The van der Waals surface area contributed by atoms with Crippen LogP contribution in [0.15, 0.2) is 91.0 Å². The number of hydrogen-bond acceptors (Lipinski definition) is 6. The second-order valence-electron chi connectivity index (χ2n) is 10.2. The van der Waals surface area contributed by atoms with E-state index in [1.807, 2.05) is 48.5 Å². The average molecular weight is 551 g/mol. The summed E-state index contributed by atoms with van der Waals surface area (Å²) in [5.74, 6) is 1.34. The Morgan fingerprint density at radius 2 is 1.49 bits per heavy atom. The SMILES string of the molecule is COc1ccc(NC(=O)c2ccc(-c3ccc(OC4CCN(C)CC4)cc3)cc2)cc1-c1cccc(OC(C)=O)c1. The molecule has 0 bridgehead atoms. The maximum atomic E-state index is 13.1. The molecule has 1 aliphatic heterocycles. The molecular weight excluding hydrogens is 516 g/mol. The first-order valence-electron chi connectivity index (χ1n) is 13.7. The van der Waals surface area contributed by atoms with Crippen LogP contribution in [-0.2, 0) is 4.79 Å². The van der Waals surface area contributed by atoms with Crippen LogP contribution in [0, 0.1) is 0 Å². The van der Waals surface area contributed by atoms with E-state index in [1.165, 1.54) is 6.92 Å². The third kappa shape index (κ3) is 7.13. The molecule has 7 nitrogen and oxygen atoms in total. The van der Waals surface area contributed by atoms with Crippen molar-refractivity contribution in [3.63, 3.8) is 0 Å². The average Bonchev–Trinajstić information content (AvgIpc) is 2.98. The molecule has 0 unspecified atom stereocenters. The summed E-state index contributed by atoms with van der Waals surface area (Å²) in [4.78, 5) is 26.8. The van der Waals surface area contributed by atoms with Gasteiger partial charge in [0.05, 0.1) is 7.11 Å². The summed E-state index contributed by atoms with van der Waals surface area (Å²) in [6.07, 6.45) is 2.36.